The number of aryl methyl sites for hydroxylation is 1. The van der Waals surface area contributed by atoms with E-state index in [-0.39, 0.29) is 0 Å². The quantitative estimate of drug-likeness (QED) is 0.839. The first-order valence-corrected chi connectivity index (χ1v) is 5.77. The molecule has 0 atom stereocenters. The van der Waals surface area contributed by atoms with E-state index >= 15 is 0 Å². The van der Waals surface area contributed by atoms with Gasteiger partial charge in [-0.2, -0.15) is 0 Å². The van der Waals surface area contributed by atoms with Crippen molar-refractivity contribution in [1.29, 1.82) is 0 Å². The molecule has 0 aliphatic carbocycles. The molecule has 0 radical (unpaired) electrons. The zero-order valence-electron chi connectivity index (χ0n) is 8.55. The summed E-state index contributed by atoms with van der Waals surface area (Å²) in [4.78, 5) is 0. The molecule has 2 nitrogen and oxygen atoms in total. The van der Waals surface area contributed by atoms with Crippen molar-refractivity contribution >= 4 is 23.2 Å². The summed E-state index contributed by atoms with van der Waals surface area (Å²) in [7, 11) is 0. The molecular weight excluding hydrogens is 231 g/mol. The van der Waals surface area contributed by atoms with Crippen LogP contribution in [0.1, 0.15) is 12.0 Å². The average Bonchev–Trinajstić information content (AvgIpc) is 2.25. The standard InChI is InChI=1S/C11H16Cl2N2/c12-10-3-1-2-9(11(10)13)5-4-8(6-14)7-15/h1-3,8H,4-7,14-15H2. The Bertz CT molecular complexity index is 311. The van der Waals surface area contributed by atoms with Crippen molar-refractivity contribution in [3.8, 4) is 0 Å². The van der Waals surface area contributed by atoms with E-state index in [0.29, 0.717) is 29.1 Å². The van der Waals surface area contributed by atoms with E-state index < -0.39 is 0 Å². The van der Waals surface area contributed by atoms with E-state index in [2.05, 4.69) is 0 Å². The van der Waals surface area contributed by atoms with Crippen molar-refractivity contribution in [2.75, 3.05) is 13.1 Å². The van der Waals surface area contributed by atoms with Gasteiger partial charge in [-0.1, -0.05) is 35.3 Å². The van der Waals surface area contributed by atoms with E-state index in [1.807, 2.05) is 12.1 Å². The van der Waals surface area contributed by atoms with Gasteiger partial charge in [-0.25, -0.2) is 0 Å². The van der Waals surface area contributed by atoms with Gasteiger partial charge in [0.1, 0.15) is 0 Å². The second kappa shape index (κ2) is 6.33. The summed E-state index contributed by atoms with van der Waals surface area (Å²) in [6.07, 6.45) is 1.82. The second-order valence-electron chi connectivity index (χ2n) is 3.59. The lowest BCUT2D eigenvalue weighted by Gasteiger charge is -2.12. The molecule has 0 aliphatic rings. The molecule has 1 aromatic rings. The van der Waals surface area contributed by atoms with Gasteiger partial charge in [-0.3, -0.25) is 0 Å². The molecule has 0 aromatic heterocycles. The lowest BCUT2D eigenvalue weighted by atomic mass is 10.00. The van der Waals surface area contributed by atoms with E-state index in [4.69, 9.17) is 34.7 Å². The van der Waals surface area contributed by atoms with Crippen molar-refractivity contribution in [2.45, 2.75) is 12.8 Å². The van der Waals surface area contributed by atoms with Crippen LogP contribution in [0.5, 0.6) is 0 Å². The van der Waals surface area contributed by atoms with E-state index in [1.165, 1.54) is 0 Å². The van der Waals surface area contributed by atoms with Crippen molar-refractivity contribution < 1.29 is 0 Å². The molecule has 0 saturated heterocycles. The van der Waals surface area contributed by atoms with Gasteiger partial charge in [0.25, 0.3) is 0 Å². The number of hydrogen-bond acceptors (Lipinski definition) is 2. The average molecular weight is 247 g/mol. The second-order valence-corrected chi connectivity index (χ2v) is 4.37. The number of hydrogen-bond donors (Lipinski definition) is 2. The summed E-state index contributed by atoms with van der Waals surface area (Å²) in [5, 5.41) is 1.25. The topological polar surface area (TPSA) is 52.0 Å². The smallest absolute Gasteiger partial charge is 0.0624 e. The van der Waals surface area contributed by atoms with E-state index in [0.717, 1.165) is 18.4 Å². The Labute approximate surface area is 101 Å². The minimum Gasteiger partial charge on any atom is -0.330 e. The third-order valence-corrected chi connectivity index (χ3v) is 3.38. The van der Waals surface area contributed by atoms with Gasteiger partial charge in [0, 0.05) is 0 Å². The highest BCUT2D eigenvalue weighted by Crippen LogP contribution is 2.26. The molecule has 84 valence electrons. The first kappa shape index (κ1) is 12.8. The predicted octanol–water partition coefficient (Wildman–Crippen LogP) is 2.46. The molecule has 1 rings (SSSR count). The SMILES string of the molecule is NCC(CN)CCc1cccc(Cl)c1Cl. The fraction of sp³-hybridized carbons (Fsp3) is 0.455. The molecule has 0 aliphatic heterocycles. The molecule has 15 heavy (non-hydrogen) atoms. The first-order chi connectivity index (χ1) is 7.19. The number of benzene rings is 1. The molecule has 0 fully saturated rings. The molecular formula is C11H16Cl2N2. The van der Waals surface area contributed by atoms with Crippen molar-refractivity contribution in [2.24, 2.45) is 17.4 Å². The van der Waals surface area contributed by atoms with Gasteiger partial charge < -0.3 is 11.5 Å². The summed E-state index contributed by atoms with van der Waals surface area (Å²) in [6, 6.07) is 5.68. The van der Waals surface area contributed by atoms with Crippen LogP contribution in [0.15, 0.2) is 18.2 Å². The van der Waals surface area contributed by atoms with Gasteiger partial charge in [0.05, 0.1) is 10.0 Å². The monoisotopic (exact) mass is 246 g/mol. The van der Waals surface area contributed by atoms with Crippen molar-refractivity contribution in [1.82, 2.24) is 0 Å². The Hall–Kier alpha value is -0.280. The van der Waals surface area contributed by atoms with Gasteiger partial charge >= 0.3 is 0 Å². The molecule has 4 N–H and O–H groups in total. The Morgan fingerprint density at radius 2 is 1.80 bits per heavy atom. The number of rotatable bonds is 5. The lowest BCUT2D eigenvalue weighted by Crippen LogP contribution is -2.23. The maximum absolute atomic E-state index is 6.07. The third kappa shape index (κ3) is 3.65. The van der Waals surface area contributed by atoms with Crippen LogP contribution in [0.25, 0.3) is 0 Å². The Balaban J connectivity index is 2.61. The summed E-state index contributed by atoms with van der Waals surface area (Å²) < 4.78 is 0. The number of halogens is 2. The Morgan fingerprint density at radius 3 is 2.40 bits per heavy atom. The fourth-order valence-corrected chi connectivity index (χ4v) is 1.85. The largest absolute Gasteiger partial charge is 0.330 e. The van der Waals surface area contributed by atoms with Crippen LogP contribution in [0, 0.1) is 5.92 Å². The van der Waals surface area contributed by atoms with Crippen molar-refractivity contribution in [3.05, 3.63) is 33.8 Å². The van der Waals surface area contributed by atoms with Crippen LogP contribution in [-0.4, -0.2) is 13.1 Å². The van der Waals surface area contributed by atoms with Gasteiger partial charge in [0.15, 0.2) is 0 Å². The number of nitrogens with two attached hydrogens (primary N) is 2. The molecule has 0 heterocycles. The van der Waals surface area contributed by atoms with Crippen LogP contribution in [-0.2, 0) is 6.42 Å². The van der Waals surface area contributed by atoms with Gasteiger partial charge in [-0.15, -0.1) is 0 Å². The maximum atomic E-state index is 6.07. The lowest BCUT2D eigenvalue weighted by molar-refractivity contribution is 0.508. The molecule has 0 unspecified atom stereocenters. The summed E-state index contributed by atoms with van der Waals surface area (Å²) >= 11 is 12.0. The molecule has 0 bridgehead atoms. The highest BCUT2D eigenvalue weighted by molar-refractivity contribution is 6.42. The zero-order valence-corrected chi connectivity index (χ0v) is 10.1. The van der Waals surface area contributed by atoms with Crippen LogP contribution in [0.2, 0.25) is 10.0 Å². The molecule has 0 saturated carbocycles. The Kier molecular flexibility index (Phi) is 5.40. The summed E-state index contributed by atoms with van der Waals surface area (Å²) in [5.74, 6) is 0.361. The van der Waals surface area contributed by atoms with Gasteiger partial charge in [0.2, 0.25) is 0 Å². The van der Waals surface area contributed by atoms with E-state index in [9.17, 15) is 0 Å². The van der Waals surface area contributed by atoms with Gasteiger partial charge in [-0.05, 0) is 43.5 Å². The van der Waals surface area contributed by atoms with Crippen LogP contribution < -0.4 is 11.5 Å². The van der Waals surface area contributed by atoms with Crippen molar-refractivity contribution in [3.63, 3.8) is 0 Å². The summed E-state index contributed by atoms with van der Waals surface area (Å²) in [5.41, 5.74) is 12.2. The van der Waals surface area contributed by atoms with Crippen LogP contribution >= 0.6 is 23.2 Å². The third-order valence-electron chi connectivity index (χ3n) is 2.52. The Morgan fingerprint density at radius 1 is 1.13 bits per heavy atom. The van der Waals surface area contributed by atoms with E-state index in [1.54, 1.807) is 6.07 Å². The van der Waals surface area contributed by atoms with Crippen LogP contribution in [0.3, 0.4) is 0 Å². The highest BCUT2D eigenvalue weighted by atomic mass is 35.5. The molecule has 1 aromatic carbocycles. The zero-order chi connectivity index (χ0) is 11.3. The molecule has 0 spiro atoms. The highest BCUT2D eigenvalue weighted by Gasteiger charge is 2.08. The minimum atomic E-state index is 0.361. The fourth-order valence-electron chi connectivity index (χ4n) is 1.43. The summed E-state index contributed by atoms with van der Waals surface area (Å²) in [6.45, 7) is 1.24. The molecule has 0 amide bonds. The minimum absolute atomic E-state index is 0.361. The normalized spacial score (nSPS) is 11.0. The predicted molar refractivity (Wildman–Crippen MR) is 66.4 cm³/mol. The van der Waals surface area contributed by atoms with Crippen LogP contribution in [0.4, 0.5) is 0 Å². The maximum Gasteiger partial charge on any atom is 0.0624 e. The molecule has 4 heteroatoms. The first-order valence-electron chi connectivity index (χ1n) is 5.02.